The molecule has 4 N–H and O–H groups in total. The third-order valence-electron chi connectivity index (χ3n) is 10.3. The fourth-order valence-electron chi connectivity index (χ4n) is 7.40. The lowest BCUT2D eigenvalue weighted by molar-refractivity contribution is -0.139. The Morgan fingerprint density at radius 1 is 1.04 bits per heavy atom. The molecule has 16 nitrogen and oxygen atoms in total. The van der Waals surface area contributed by atoms with E-state index in [1.165, 1.54) is 7.11 Å². The van der Waals surface area contributed by atoms with Crippen molar-refractivity contribution in [2.45, 2.75) is 107 Å². The van der Waals surface area contributed by atoms with Gasteiger partial charge >= 0.3 is 13.8 Å². The summed E-state index contributed by atoms with van der Waals surface area (Å²) in [5, 5.41) is 26.4. The molecule has 1 saturated heterocycles. The number of fused-ring (bicyclic) bond motifs is 5. The molecule has 2 aromatic rings. The quantitative estimate of drug-likeness (QED) is 0.0727. The number of para-hydroxylation sites is 1. The number of benzene rings is 2. The zero-order valence-corrected chi connectivity index (χ0v) is 33.1. The number of ether oxygens (including phenoxy) is 2. The number of hydrogen-bond acceptors (Lipinski definition) is 12. The normalized spacial score (nSPS) is 23.0. The number of carboxylic acids is 1. The number of methoxy groups -OCH3 is 1. The van der Waals surface area contributed by atoms with Crippen molar-refractivity contribution in [3.8, 4) is 0 Å². The molecule has 56 heavy (non-hydrogen) atoms. The number of carbonyl (C=O) groups is 3. The van der Waals surface area contributed by atoms with Crippen LogP contribution in [0, 0.1) is 0 Å². The highest BCUT2D eigenvalue weighted by atomic mass is 31.2. The Kier molecular flexibility index (Phi) is 16.4. The molecule has 3 aliphatic rings. The predicted octanol–water partition coefficient (Wildman–Crippen LogP) is 4.73. The van der Waals surface area contributed by atoms with Gasteiger partial charge in [0.15, 0.2) is 0 Å². The van der Waals surface area contributed by atoms with Crippen LogP contribution in [0.15, 0.2) is 58.9 Å². The van der Waals surface area contributed by atoms with E-state index in [0.717, 1.165) is 41.6 Å². The number of nitrogens with zero attached hydrogens (tertiary/aromatic N) is 4. The Labute approximate surface area is 329 Å². The molecule has 18 heteroatoms. The minimum Gasteiger partial charge on any atom is -0.480 e. The number of phosphoric ester groups is 1. The molecular weight excluding hydrogens is 742 g/mol. The van der Waals surface area contributed by atoms with Crippen LogP contribution in [0.3, 0.4) is 0 Å². The minimum absolute atomic E-state index is 0.0276. The molecule has 0 saturated carbocycles. The van der Waals surface area contributed by atoms with E-state index in [1.807, 2.05) is 47.5 Å². The summed E-state index contributed by atoms with van der Waals surface area (Å²) in [6.45, 7) is 1.60. The van der Waals surface area contributed by atoms with Crippen molar-refractivity contribution in [2.75, 3.05) is 45.4 Å². The SMILES string of the molecule is [B][C@H]1C[C@@H](OP(=O)(O)OCCCCCCNC(=O)CCC(=O)N2Cc3ccccc3C3C(N=NN3CCCCC(NC)C(=O)O)c3ccccc32)[C@@H](COC)O1. The van der Waals surface area contributed by atoms with Crippen LogP contribution >= 0.6 is 7.82 Å². The summed E-state index contributed by atoms with van der Waals surface area (Å²) in [5.41, 5.74) is 3.61. The fourth-order valence-corrected chi connectivity index (χ4v) is 8.38. The maximum atomic E-state index is 13.9. The van der Waals surface area contributed by atoms with E-state index >= 15 is 0 Å². The van der Waals surface area contributed by atoms with Crippen LogP contribution in [0.1, 0.15) is 93.0 Å². The van der Waals surface area contributed by atoms with E-state index in [4.69, 9.17) is 31.5 Å². The summed E-state index contributed by atoms with van der Waals surface area (Å²) in [4.78, 5) is 49.9. The van der Waals surface area contributed by atoms with Gasteiger partial charge in [-0.15, -0.1) is 0 Å². The zero-order valence-electron chi connectivity index (χ0n) is 32.2. The van der Waals surface area contributed by atoms with Crippen molar-refractivity contribution in [3.05, 3.63) is 65.2 Å². The van der Waals surface area contributed by atoms with Crippen LogP contribution < -0.4 is 15.5 Å². The average Bonchev–Trinajstić information content (AvgIpc) is 3.74. The Balaban J connectivity index is 1.07. The second kappa shape index (κ2) is 21.2. The molecular formula is C38H54BN6O10P. The molecule has 2 radical (unpaired) electrons. The van der Waals surface area contributed by atoms with Gasteiger partial charge < -0.3 is 35.0 Å². The first-order valence-electron chi connectivity index (χ1n) is 19.4. The monoisotopic (exact) mass is 796 g/mol. The van der Waals surface area contributed by atoms with Crippen molar-refractivity contribution in [1.29, 1.82) is 0 Å². The zero-order chi connectivity index (χ0) is 40.1. The first-order chi connectivity index (χ1) is 27.0. The van der Waals surface area contributed by atoms with Crippen molar-refractivity contribution in [3.63, 3.8) is 0 Å². The number of rotatable bonds is 22. The summed E-state index contributed by atoms with van der Waals surface area (Å²) in [5.74, 6) is -1.25. The third kappa shape index (κ3) is 11.9. The molecule has 3 heterocycles. The van der Waals surface area contributed by atoms with Gasteiger partial charge in [-0.2, -0.15) is 5.11 Å². The van der Waals surface area contributed by atoms with E-state index < -0.39 is 38.0 Å². The van der Waals surface area contributed by atoms with Gasteiger partial charge in [0.05, 0.1) is 25.9 Å². The highest BCUT2D eigenvalue weighted by molar-refractivity contribution is 7.47. The molecule has 3 aliphatic heterocycles. The van der Waals surface area contributed by atoms with Gasteiger partial charge in [-0.3, -0.25) is 28.4 Å². The van der Waals surface area contributed by atoms with Gasteiger partial charge in [-0.05, 0) is 62.8 Å². The van der Waals surface area contributed by atoms with Gasteiger partial charge in [0.1, 0.15) is 32.1 Å². The van der Waals surface area contributed by atoms with Crippen LogP contribution in [0.25, 0.3) is 0 Å². The number of amides is 2. The molecule has 1 fully saturated rings. The third-order valence-corrected chi connectivity index (χ3v) is 11.3. The molecule has 7 atom stereocenters. The number of nitrogens with one attached hydrogen (secondary N) is 2. The lowest BCUT2D eigenvalue weighted by Crippen LogP contribution is -2.36. The topological polar surface area (TPSA) is 201 Å². The smallest absolute Gasteiger partial charge is 0.472 e. The Bertz CT molecular complexity index is 1710. The van der Waals surface area contributed by atoms with Crippen LogP contribution in [-0.2, 0) is 44.0 Å². The van der Waals surface area contributed by atoms with Gasteiger partial charge in [0.25, 0.3) is 0 Å². The van der Waals surface area contributed by atoms with Crippen LogP contribution in [0.4, 0.5) is 5.69 Å². The molecule has 0 spiro atoms. The van der Waals surface area contributed by atoms with Gasteiger partial charge in [-0.1, -0.05) is 60.5 Å². The maximum Gasteiger partial charge on any atom is 0.472 e. The molecule has 304 valence electrons. The van der Waals surface area contributed by atoms with Crippen molar-refractivity contribution in [2.24, 2.45) is 10.3 Å². The molecule has 5 rings (SSSR count). The second-order valence-electron chi connectivity index (χ2n) is 14.3. The summed E-state index contributed by atoms with van der Waals surface area (Å²) < 4.78 is 33.3. The summed E-state index contributed by atoms with van der Waals surface area (Å²) >= 11 is 0. The van der Waals surface area contributed by atoms with E-state index in [9.17, 15) is 28.9 Å². The van der Waals surface area contributed by atoms with Gasteiger partial charge in [0.2, 0.25) is 11.8 Å². The molecule has 2 aromatic carbocycles. The Morgan fingerprint density at radius 3 is 2.55 bits per heavy atom. The molecule has 0 bridgehead atoms. The van der Waals surface area contributed by atoms with E-state index in [0.29, 0.717) is 45.3 Å². The van der Waals surface area contributed by atoms with E-state index in [1.54, 1.807) is 11.9 Å². The van der Waals surface area contributed by atoms with Gasteiger partial charge in [0, 0.05) is 50.3 Å². The lowest BCUT2D eigenvalue weighted by Gasteiger charge is -2.35. The molecule has 0 aliphatic carbocycles. The number of aliphatic carboxylic acids is 1. The number of anilines is 1. The Morgan fingerprint density at radius 2 is 1.79 bits per heavy atom. The number of likely N-dealkylation sites (N-methyl/N-ethyl adjacent to an activating group) is 1. The number of phosphoric acid groups is 1. The highest BCUT2D eigenvalue weighted by Crippen LogP contribution is 2.49. The number of carbonyl (C=O) groups excluding carboxylic acids is 2. The van der Waals surface area contributed by atoms with Crippen molar-refractivity contribution < 1.29 is 47.5 Å². The van der Waals surface area contributed by atoms with Crippen LogP contribution in [-0.4, -0.2) is 105 Å². The summed E-state index contributed by atoms with van der Waals surface area (Å²) in [6.07, 6.45) is 3.76. The summed E-state index contributed by atoms with van der Waals surface area (Å²) in [6, 6.07) is 14.0. The van der Waals surface area contributed by atoms with Crippen molar-refractivity contribution >= 4 is 39.1 Å². The second-order valence-corrected chi connectivity index (χ2v) is 15.7. The Hall–Kier alpha value is -3.70. The molecule has 0 aromatic heterocycles. The molecule has 4 unspecified atom stereocenters. The van der Waals surface area contributed by atoms with Gasteiger partial charge in [-0.25, -0.2) is 4.57 Å². The predicted molar refractivity (Wildman–Crippen MR) is 208 cm³/mol. The fraction of sp³-hybridized carbons (Fsp3) is 0.605. The maximum absolute atomic E-state index is 13.9. The van der Waals surface area contributed by atoms with Crippen molar-refractivity contribution in [1.82, 2.24) is 15.6 Å². The van der Waals surface area contributed by atoms with Crippen LogP contribution in [0.2, 0.25) is 0 Å². The molecule has 2 amide bonds. The first-order valence-corrected chi connectivity index (χ1v) is 20.9. The standard InChI is InChI=1S/C38H54BN6O10P/c1-40-29(38(48)49)16-9-11-21-45-37-27-14-6-5-13-26(27)24-44(30-17-8-7-15-28(30)36(37)42-43-45)35(47)19-18-34(46)41-20-10-3-4-12-22-53-56(50,51)55-31-23-33(39)54-32(31)25-52-2/h5-8,13-15,17,29,31-33,36-37,40H,3-4,9-12,16,18-25H2,1-2H3,(H,41,46)(H,48,49)(H,50,51)/t29?,31-,32-,33-,36?,37?/m1/s1. The number of hydrogen-bond donors (Lipinski definition) is 4. The minimum atomic E-state index is -4.29. The highest BCUT2D eigenvalue weighted by Gasteiger charge is 2.41. The lowest BCUT2D eigenvalue weighted by atomic mass is 9.87. The largest absolute Gasteiger partial charge is 0.480 e. The average molecular weight is 797 g/mol. The van der Waals surface area contributed by atoms with Crippen LogP contribution in [0.5, 0.6) is 0 Å². The van der Waals surface area contributed by atoms with E-state index in [-0.39, 0.29) is 56.4 Å². The van der Waals surface area contributed by atoms with E-state index in [2.05, 4.69) is 21.9 Å². The first kappa shape index (κ1) is 43.4. The number of unbranched alkanes of at least 4 members (excludes halogenated alkanes) is 4. The summed E-state index contributed by atoms with van der Waals surface area (Å²) in [7, 11) is 4.63. The number of carboxylic acid groups (broad SMARTS) is 1.